The Morgan fingerprint density at radius 1 is 1.40 bits per heavy atom. The standard InChI is InChI=1S/C15H24N4O/c1-10(2)13-7-12(8-14(18-13)19-16)15(20)17-9-11-5-3-4-6-11/h7-8,10-11H,3-6,9,16H2,1-2H3,(H,17,20)(H,18,19). The number of nitrogens with zero attached hydrogens (tertiary/aromatic N) is 1. The Balaban J connectivity index is 2.05. The van der Waals surface area contributed by atoms with Gasteiger partial charge in [0, 0.05) is 17.8 Å². The van der Waals surface area contributed by atoms with Crippen LogP contribution in [-0.4, -0.2) is 17.4 Å². The molecule has 0 spiro atoms. The topological polar surface area (TPSA) is 80.0 Å². The van der Waals surface area contributed by atoms with Crippen LogP contribution in [0.25, 0.3) is 0 Å². The van der Waals surface area contributed by atoms with E-state index in [4.69, 9.17) is 5.84 Å². The normalized spacial score (nSPS) is 15.6. The largest absolute Gasteiger partial charge is 0.352 e. The summed E-state index contributed by atoms with van der Waals surface area (Å²) in [5.74, 6) is 6.79. The molecule has 1 aromatic rings. The van der Waals surface area contributed by atoms with E-state index in [1.807, 2.05) is 19.9 Å². The predicted molar refractivity (Wildman–Crippen MR) is 80.4 cm³/mol. The number of nitrogen functional groups attached to an aromatic ring is 1. The molecular weight excluding hydrogens is 252 g/mol. The van der Waals surface area contributed by atoms with Gasteiger partial charge in [0.1, 0.15) is 5.82 Å². The second-order valence-corrected chi connectivity index (χ2v) is 5.83. The first-order chi connectivity index (χ1) is 9.60. The van der Waals surface area contributed by atoms with Crippen LogP contribution in [0.2, 0.25) is 0 Å². The van der Waals surface area contributed by atoms with Crippen molar-refractivity contribution >= 4 is 11.7 Å². The molecule has 1 aromatic heterocycles. The van der Waals surface area contributed by atoms with Gasteiger partial charge in [-0.05, 0) is 36.8 Å². The summed E-state index contributed by atoms with van der Waals surface area (Å²) in [6, 6.07) is 3.53. The Bertz CT molecular complexity index is 467. The molecule has 0 atom stereocenters. The average molecular weight is 276 g/mol. The van der Waals surface area contributed by atoms with Gasteiger partial charge in [-0.3, -0.25) is 4.79 Å². The highest BCUT2D eigenvalue weighted by Crippen LogP contribution is 2.24. The molecule has 0 aromatic carbocycles. The van der Waals surface area contributed by atoms with E-state index in [1.165, 1.54) is 25.7 Å². The molecule has 1 aliphatic rings. The van der Waals surface area contributed by atoms with E-state index >= 15 is 0 Å². The van der Waals surface area contributed by atoms with E-state index in [2.05, 4.69) is 15.7 Å². The van der Waals surface area contributed by atoms with Crippen molar-refractivity contribution in [3.63, 3.8) is 0 Å². The highest BCUT2D eigenvalue weighted by molar-refractivity contribution is 5.95. The number of hydrazine groups is 1. The zero-order valence-electron chi connectivity index (χ0n) is 12.3. The first kappa shape index (κ1) is 14.8. The van der Waals surface area contributed by atoms with E-state index in [9.17, 15) is 4.79 Å². The van der Waals surface area contributed by atoms with Crippen LogP contribution in [0.15, 0.2) is 12.1 Å². The van der Waals surface area contributed by atoms with Crippen LogP contribution in [0.4, 0.5) is 5.82 Å². The summed E-state index contributed by atoms with van der Waals surface area (Å²) in [6.45, 7) is 4.86. The second-order valence-electron chi connectivity index (χ2n) is 5.83. The molecule has 0 unspecified atom stereocenters. The molecule has 5 heteroatoms. The molecule has 1 saturated carbocycles. The number of aromatic nitrogens is 1. The number of anilines is 1. The van der Waals surface area contributed by atoms with Crippen molar-refractivity contribution in [1.82, 2.24) is 10.3 Å². The molecule has 1 fully saturated rings. The summed E-state index contributed by atoms with van der Waals surface area (Å²) in [7, 11) is 0. The van der Waals surface area contributed by atoms with Gasteiger partial charge in [-0.15, -0.1) is 0 Å². The number of pyridine rings is 1. The molecule has 2 rings (SSSR count). The number of nitrogens with one attached hydrogen (secondary N) is 2. The molecule has 1 amide bonds. The van der Waals surface area contributed by atoms with Crippen molar-refractivity contribution in [2.45, 2.75) is 45.4 Å². The molecule has 0 aliphatic heterocycles. The van der Waals surface area contributed by atoms with Gasteiger partial charge in [-0.2, -0.15) is 0 Å². The minimum atomic E-state index is -0.0438. The van der Waals surface area contributed by atoms with E-state index < -0.39 is 0 Å². The SMILES string of the molecule is CC(C)c1cc(C(=O)NCC2CCCC2)cc(NN)n1. The molecule has 5 nitrogen and oxygen atoms in total. The second kappa shape index (κ2) is 6.70. The maximum Gasteiger partial charge on any atom is 0.251 e. The third-order valence-corrected chi connectivity index (χ3v) is 3.87. The first-order valence-corrected chi connectivity index (χ1v) is 7.37. The summed E-state index contributed by atoms with van der Waals surface area (Å²) < 4.78 is 0. The van der Waals surface area contributed by atoms with Gasteiger partial charge in [-0.25, -0.2) is 10.8 Å². The Morgan fingerprint density at radius 3 is 2.70 bits per heavy atom. The smallest absolute Gasteiger partial charge is 0.251 e. The molecular formula is C15H24N4O. The van der Waals surface area contributed by atoms with Gasteiger partial charge in [0.2, 0.25) is 0 Å². The zero-order chi connectivity index (χ0) is 14.5. The van der Waals surface area contributed by atoms with Crippen LogP contribution in [-0.2, 0) is 0 Å². The van der Waals surface area contributed by atoms with Crippen molar-refractivity contribution in [2.75, 3.05) is 12.0 Å². The molecule has 110 valence electrons. The highest BCUT2D eigenvalue weighted by Gasteiger charge is 2.17. The monoisotopic (exact) mass is 276 g/mol. The number of hydrogen-bond donors (Lipinski definition) is 3. The Labute approximate surface area is 120 Å². The van der Waals surface area contributed by atoms with Gasteiger partial charge in [-0.1, -0.05) is 26.7 Å². The lowest BCUT2D eigenvalue weighted by Gasteiger charge is -2.13. The molecule has 1 heterocycles. The van der Waals surface area contributed by atoms with Crippen LogP contribution >= 0.6 is 0 Å². The summed E-state index contributed by atoms with van der Waals surface area (Å²) in [4.78, 5) is 16.6. The van der Waals surface area contributed by atoms with Crippen LogP contribution in [0.1, 0.15) is 61.5 Å². The fraction of sp³-hybridized carbons (Fsp3) is 0.600. The highest BCUT2D eigenvalue weighted by atomic mass is 16.1. The number of carbonyl (C=O) groups is 1. The molecule has 20 heavy (non-hydrogen) atoms. The van der Waals surface area contributed by atoms with Gasteiger partial charge >= 0.3 is 0 Å². The van der Waals surface area contributed by atoms with Crippen molar-refractivity contribution in [2.24, 2.45) is 11.8 Å². The lowest BCUT2D eigenvalue weighted by molar-refractivity contribution is 0.0947. The van der Waals surface area contributed by atoms with Gasteiger partial charge < -0.3 is 10.7 Å². The minimum absolute atomic E-state index is 0.0438. The van der Waals surface area contributed by atoms with Crippen LogP contribution in [0.5, 0.6) is 0 Å². The predicted octanol–water partition coefficient (Wildman–Crippen LogP) is 2.41. The Kier molecular flexibility index (Phi) is 4.95. The average Bonchev–Trinajstić information content (AvgIpc) is 2.97. The van der Waals surface area contributed by atoms with Gasteiger partial charge in [0.15, 0.2) is 0 Å². The third kappa shape index (κ3) is 3.70. The number of nitrogens with two attached hydrogens (primary N) is 1. The van der Waals surface area contributed by atoms with Crippen molar-refractivity contribution in [1.29, 1.82) is 0 Å². The number of rotatable bonds is 5. The van der Waals surface area contributed by atoms with Crippen molar-refractivity contribution < 1.29 is 4.79 Å². The molecule has 0 bridgehead atoms. The van der Waals surface area contributed by atoms with Crippen molar-refractivity contribution in [3.8, 4) is 0 Å². The molecule has 0 saturated heterocycles. The number of amides is 1. The van der Waals surface area contributed by atoms with E-state index in [-0.39, 0.29) is 11.8 Å². The lowest BCUT2D eigenvalue weighted by Crippen LogP contribution is -2.28. The van der Waals surface area contributed by atoms with Gasteiger partial charge in [0.25, 0.3) is 5.91 Å². The maximum atomic E-state index is 12.2. The summed E-state index contributed by atoms with van der Waals surface area (Å²) in [5.41, 5.74) is 4.01. The summed E-state index contributed by atoms with van der Waals surface area (Å²) in [6.07, 6.45) is 5.02. The van der Waals surface area contributed by atoms with E-state index in [0.29, 0.717) is 17.3 Å². The zero-order valence-corrected chi connectivity index (χ0v) is 12.3. The molecule has 4 N–H and O–H groups in total. The Morgan fingerprint density at radius 2 is 2.10 bits per heavy atom. The minimum Gasteiger partial charge on any atom is -0.352 e. The van der Waals surface area contributed by atoms with Crippen LogP contribution in [0.3, 0.4) is 0 Å². The Hall–Kier alpha value is -1.62. The summed E-state index contributed by atoms with van der Waals surface area (Å²) >= 11 is 0. The van der Waals surface area contributed by atoms with Crippen molar-refractivity contribution in [3.05, 3.63) is 23.4 Å². The van der Waals surface area contributed by atoms with Gasteiger partial charge in [0.05, 0.1) is 0 Å². The quantitative estimate of drug-likeness (QED) is 0.570. The third-order valence-electron chi connectivity index (χ3n) is 3.87. The van der Waals surface area contributed by atoms with E-state index in [1.54, 1.807) is 6.07 Å². The fourth-order valence-corrected chi connectivity index (χ4v) is 2.61. The van der Waals surface area contributed by atoms with Crippen LogP contribution in [0, 0.1) is 5.92 Å². The lowest BCUT2D eigenvalue weighted by atomic mass is 10.1. The van der Waals surface area contributed by atoms with Crippen LogP contribution < -0.4 is 16.6 Å². The molecule has 0 radical (unpaired) electrons. The first-order valence-electron chi connectivity index (χ1n) is 7.37. The van der Waals surface area contributed by atoms with E-state index in [0.717, 1.165) is 12.2 Å². The summed E-state index contributed by atoms with van der Waals surface area (Å²) in [5, 5.41) is 3.02. The number of hydrogen-bond acceptors (Lipinski definition) is 4. The maximum absolute atomic E-state index is 12.2. The molecule has 1 aliphatic carbocycles. The fourth-order valence-electron chi connectivity index (χ4n) is 2.61. The number of carbonyl (C=O) groups excluding carboxylic acids is 1.